The monoisotopic (exact) mass is 365 g/mol. The van der Waals surface area contributed by atoms with Crippen molar-refractivity contribution in [3.05, 3.63) is 33.2 Å². The van der Waals surface area contributed by atoms with Gasteiger partial charge in [-0.1, -0.05) is 17.8 Å². The third-order valence-corrected chi connectivity index (χ3v) is 6.07. The van der Waals surface area contributed by atoms with Gasteiger partial charge in [0, 0.05) is 29.4 Å². The van der Waals surface area contributed by atoms with Gasteiger partial charge in [-0.05, 0) is 18.4 Å². The molecule has 0 bridgehead atoms. The Morgan fingerprint density at radius 2 is 2.26 bits per heavy atom. The topological polar surface area (TPSA) is 64.0 Å². The van der Waals surface area contributed by atoms with Gasteiger partial charge in [0.2, 0.25) is 5.91 Å². The lowest BCUT2D eigenvalue weighted by Crippen LogP contribution is -2.25. The lowest BCUT2D eigenvalue weighted by Gasteiger charge is -2.07. The smallest absolute Gasteiger partial charge is 0.263 e. The second kappa shape index (κ2) is 6.86. The minimum atomic E-state index is -0.0713. The maximum Gasteiger partial charge on any atom is 0.263 e. The van der Waals surface area contributed by atoms with Crippen molar-refractivity contribution < 1.29 is 4.79 Å². The quantitative estimate of drug-likeness (QED) is 0.558. The van der Waals surface area contributed by atoms with Crippen LogP contribution in [-0.2, 0) is 11.8 Å². The molecule has 5 nitrogen and oxygen atoms in total. The van der Waals surface area contributed by atoms with Gasteiger partial charge in [0.1, 0.15) is 4.83 Å². The number of nitrogens with one attached hydrogen (secondary N) is 1. The van der Waals surface area contributed by atoms with E-state index in [-0.39, 0.29) is 17.2 Å². The largest absolute Gasteiger partial charge is 0.356 e. The van der Waals surface area contributed by atoms with Crippen molar-refractivity contribution in [3.8, 4) is 10.4 Å². The van der Waals surface area contributed by atoms with Crippen LogP contribution in [0.3, 0.4) is 0 Å². The Labute approximate surface area is 145 Å². The van der Waals surface area contributed by atoms with E-state index in [0.717, 1.165) is 15.3 Å². The second-order valence-corrected chi connectivity index (χ2v) is 7.56. The Bertz CT molecular complexity index is 897. The number of hydrogen-bond acceptors (Lipinski definition) is 6. The van der Waals surface area contributed by atoms with Crippen LogP contribution in [-0.4, -0.2) is 27.8 Å². The fourth-order valence-electron chi connectivity index (χ4n) is 2.17. The molecule has 0 aliphatic carbocycles. The van der Waals surface area contributed by atoms with Crippen molar-refractivity contribution in [1.82, 2.24) is 14.9 Å². The second-order valence-electron chi connectivity index (χ2n) is 4.81. The van der Waals surface area contributed by atoms with Gasteiger partial charge < -0.3 is 5.32 Å². The zero-order valence-electron chi connectivity index (χ0n) is 12.7. The Morgan fingerprint density at radius 1 is 1.43 bits per heavy atom. The third-order valence-electron chi connectivity index (χ3n) is 3.27. The van der Waals surface area contributed by atoms with Crippen molar-refractivity contribution >= 4 is 50.6 Å². The molecule has 3 aromatic rings. The number of hydrogen-bond donors (Lipinski definition) is 1. The first-order chi connectivity index (χ1) is 11.1. The number of rotatable bonds is 5. The van der Waals surface area contributed by atoms with Gasteiger partial charge >= 0.3 is 0 Å². The molecule has 0 spiro atoms. The molecule has 0 radical (unpaired) electrons. The highest BCUT2D eigenvalue weighted by atomic mass is 32.2. The summed E-state index contributed by atoms with van der Waals surface area (Å²) in [6, 6.07) is 3.97. The van der Waals surface area contributed by atoms with Crippen LogP contribution in [0.5, 0.6) is 0 Å². The average Bonchev–Trinajstić information content (AvgIpc) is 3.18. The SMILES string of the molecule is CCNC(=O)CSc1nc2scc(-c3cccs3)c2c(=O)n1C. The number of carbonyl (C=O) groups is 1. The van der Waals surface area contributed by atoms with E-state index in [0.29, 0.717) is 17.1 Å². The molecule has 0 saturated carbocycles. The predicted molar refractivity (Wildman–Crippen MR) is 97.6 cm³/mol. The van der Waals surface area contributed by atoms with Gasteiger partial charge in [0.25, 0.3) is 5.56 Å². The molecule has 1 amide bonds. The van der Waals surface area contributed by atoms with Crippen LogP contribution in [0.4, 0.5) is 0 Å². The summed E-state index contributed by atoms with van der Waals surface area (Å²) in [5.74, 6) is 0.195. The Hall–Kier alpha value is -1.64. The zero-order chi connectivity index (χ0) is 16.4. The molecule has 0 aliphatic heterocycles. The van der Waals surface area contributed by atoms with Crippen molar-refractivity contribution in [2.24, 2.45) is 7.05 Å². The van der Waals surface area contributed by atoms with E-state index in [2.05, 4.69) is 10.3 Å². The van der Waals surface area contributed by atoms with Crippen molar-refractivity contribution in [3.63, 3.8) is 0 Å². The molecule has 23 heavy (non-hydrogen) atoms. The molecule has 0 aromatic carbocycles. The first kappa shape index (κ1) is 16.2. The van der Waals surface area contributed by atoms with E-state index < -0.39 is 0 Å². The van der Waals surface area contributed by atoms with Gasteiger partial charge in [-0.2, -0.15) is 0 Å². The van der Waals surface area contributed by atoms with Crippen LogP contribution in [0.25, 0.3) is 20.7 Å². The predicted octanol–water partition coefficient (Wildman–Crippen LogP) is 2.95. The van der Waals surface area contributed by atoms with E-state index in [1.807, 2.05) is 29.8 Å². The van der Waals surface area contributed by atoms with E-state index in [4.69, 9.17) is 0 Å². The number of amides is 1. The van der Waals surface area contributed by atoms with Gasteiger partial charge in [-0.15, -0.1) is 22.7 Å². The average molecular weight is 366 g/mol. The van der Waals surface area contributed by atoms with Gasteiger partial charge in [0.05, 0.1) is 11.1 Å². The van der Waals surface area contributed by atoms with Crippen molar-refractivity contribution in [2.75, 3.05) is 12.3 Å². The number of thioether (sulfide) groups is 1. The van der Waals surface area contributed by atoms with Crippen LogP contribution in [0.15, 0.2) is 32.8 Å². The number of nitrogens with zero attached hydrogens (tertiary/aromatic N) is 2. The first-order valence-electron chi connectivity index (χ1n) is 7.03. The molecule has 0 unspecified atom stereocenters. The summed E-state index contributed by atoms with van der Waals surface area (Å²) in [6.07, 6.45) is 0. The minimum Gasteiger partial charge on any atom is -0.356 e. The maximum atomic E-state index is 12.7. The van der Waals surface area contributed by atoms with Crippen LogP contribution in [0, 0.1) is 0 Å². The van der Waals surface area contributed by atoms with E-state index in [1.165, 1.54) is 27.7 Å². The number of fused-ring (bicyclic) bond motifs is 1. The Balaban J connectivity index is 1.99. The van der Waals surface area contributed by atoms with Crippen LogP contribution < -0.4 is 10.9 Å². The van der Waals surface area contributed by atoms with Crippen LogP contribution in [0.2, 0.25) is 0 Å². The molecular formula is C15H15N3O2S3. The van der Waals surface area contributed by atoms with Crippen molar-refractivity contribution in [2.45, 2.75) is 12.1 Å². The highest BCUT2D eigenvalue weighted by molar-refractivity contribution is 7.99. The molecule has 3 aromatic heterocycles. The van der Waals surface area contributed by atoms with E-state index >= 15 is 0 Å². The lowest BCUT2D eigenvalue weighted by molar-refractivity contribution is -0.118. The van der Waals surface area contributed by atoms with Crippen LogP contribution in [0.1, 0.15) is 6.92 Å². The molecule has 8 heteroatoms. The third kappa shape index (κ3) is 3.19. The summed E-state index contributed by atoms with van der Waals surface area (Å²) < 4.78 is 1.52. The van der Waals surface area contributed by atoms with Gasteiger partial charge in [-0.25, -0.2) is 4.98 Å². The first-order valence-corrected chi connectivity index (χ1v) is 9.78. The molecule has 1 N–H and O–H groups in total. The number of thiophene rings is 2. The van der Waals surface area contributed by atoms with E-state index in [1.54, 1.807) is 18.4 Å². The van der Waals surface area contributed by atoms with Crippen molar-refractivity contribution in [1.29, 1.82) is 0 Å². The highest BCUT2D eigenvalue weighted by Crippen LogP contribution is 2.34. The summed E-state index contributed by atoms with van der Waals surface area (Å²) >= 11 is 4.35. The molecule has 3 rings (SSSR count). The van der Waals surface area contributed by atoms with Gasteiger partial charge in [0.15, 0.2) is 5.16 Å². The fourth-order valence-corrected chi connectivity index (χ4v) is 4.78. The summed E-state index contributed by atoms with van der Waals surface area (Å²) in [7, 11) is 1.70. The molecule has 3 heterocycles. The van der Waals surface area contributed by atoms with Gasteiger partial charge in [-0.3, -0.25) is 14.2 Å². The number of aromatic nitrogens is 2. The summed E-state index contributed by atoms with van der Waals surface area (Å²) in [5.41, 5.74) is 0.867. The normalized spacial score (nSPS) is 11.0. The molecule has 120 valence electrons. The lowest BCUT2D eigenvalue weighted by atomic mass is 10.2. The molecular weight excluding hydrogens is 350 g/mol. The molecule has 0 saturated heterocycles. The number of carbonyl (C=O) groups excluding carboxylic acids is 1. The van der Waals surface area contributed by atoms with Crippen LogP contribution >= 0.6 is 34.4 Å². The van der Waals surface area contributed by atoms with E-state index in [9.17, 15) is 9.59 Å². The fraction of sp³-hybridized carbons (Fsp3) is 0.267. The minimum absolute atomic E-state index is 0.0581. The standard InChI is InChI=1S/C15H15N3O2S3/c1-3-16-11(19)8-23-15-17-13-12(14(20)18(15)2)9(7-22-13)10-5-4-6-21-10/h4-7H,3,8H2,1-2H3,(H,16,19). The summed E-state index contributed by atoms with van der Waals surface area (Å²) in [4.78, 5) is 30.7. The Kier molecular flexibility index (Phi) is 4.84. The molecule has 0 fully saturated rings. The molecule has 0 atom stereocenters. The zero-order valence-corrected chi connectivity index (χ0v) is 15.1. The molecule has 0 aliphatic rings. The Morgan fingerprint density at radius 3 is 2.96 bits per heavy atom. The highest BCUT2D eigenvalue weighted by Gasteiger charge is 2.16. The maximum absolute atomic E-state index is 12.7. The summed E-state index contributed by atoms with van der Waals surface area (Å²) in [6.45, 7) is 2.47. The summed E-state index contributed by atoms with van der Waals surface area (Å²) in [5, 5.41) is 7.93.